The van der Waals surface area contributed by atoms with Crippen molar-refractivity contribution in [1.82, 2.24) is 20.3 Å². The van der Waals surface area contributed by atoms with Gasteiger partial charge in [0.25, 0.3) is 5.91 Å². The molecule has 2 aliphatic heterocycles. The second kappa shape index (κ2) is 14.2. The van der Waals surface area contributed by atoms with Crippen LogP contribution in [0, 0.1) is 17.2 Å². The predicted molar refractivity (Wildman–Crippen MR) is 175 cm³/mol. The summed E-state index contributed by atoms with van der Waals surface area (Å²) in [7, 11) is -3.91. The number of esters is 1. The Morgan fingerprint density at radius 3 is 2.55 bits per heavy atom. The van der Waals surface area contributed by atoms with Gasteiger partial charge >= 0.3 is 12.1 Å². The van der Waals surface area contributed by atoms with Crippen molar-refractivity contribution in [2.75, 3.05) is 6.54 Å². The number of alkyl carbamates (subject to hydrolysis) is 1. The van der Waals surface area contributed by atoms with Crippen molar-refractivity contribution < 1.29 is 41.9 Å². The van der Waals surface area contributed by atoms with Gasteiger partial charge in [-0.1, -0.05) is 31.1 Å². The van der Waals surface area contributed by atoms with Crippen molar-refractivity contribution in [3.63, 3.8) is 0 Å². The molecule has 264 valence electrons. The Balaban J connectivity index is 1.43. The van der Waals surface area contributed by atoms with Gasteiger partial charge in [0.05, 0.1) is 29.0 Å². The van der Waals surface area contributed by atoms with Gasteiger partial charge in [-0.05, 0) is 77.5 Å². The van der Waals surface area contributed by atoms with Crippen LogP contribution in [0.15, 0.2) is 36.4 Å². The molecule has 1 saturated heterocycles. The van der Waals surface area contributed by atoms with Crippen LogP contribution in [0.1, 0.15) is 94.5 Å². The number of rotatable bonds is 6. The first-order valence-corrected chi connectivity index (χ1v) is 18.2. The van der Waals surface area contributed by atoms with Crippen LogP contribution < -0.4 is 15.4 Å². The van der Waals surface area contributed by atoms with E-state index < -0.39 is 80.3 Å². The Kier molecular flexibility index (Phi) is 10.4. The normalized spacial score (nSPS) is 27.6. The van der Waals surface area contributed by atoms with E-state index in [2.05, 4.69) is 15.4 Å². The van der Waals surface area contributed by atoms with Crippen molar-refractivity contribution in [2.45, 2.75) is 113 Å². The molecule has 3 N–H and O–H groups in total. The van der Waals surface area contributed by atoms with Crippen molar-refractivity contribution >= 4 is 39.8 Å². The molecule has 2 saturated carbocycles. The average molecular weight is 698 g/mol. The molecule has 2 aliphatic carbocycles. The van der Waals surface area contributed by atoms with Gasteiger partial charge in [-0.2, -0.15) is 5.26 Å². The maximum atomic E-state index is 14.2. The number of nitriles is 1. The summed E-state index contributed by atoms with van der Waals surface area (Å²) in [6.45, 7) is 4.89. The first-order valence-electron chi connectivity index (χ1n) is 16.7. The predicted octanol–water partition coefficient (Wildman–Crippen LogP) is 2.58. The highest BCUT2D eigenvalue weighted by atomic mass is 32.2. The Labute approximate surface area is 286 Å². The van der Waals surface area contributed by atoms with Gasteiger partial charge < -0.3 is 25.0 Å². The first-order chi connectivity index (χ1) is 23.1. The summed E-state index contributed by atoms with van der Waals surface area (Å²) in [5, 5.41) is 14.0. The fourth-order valence-corrected chi connectivity index (χ4v) is 7.60. The van der Waals surface area contributed by atoms with Crippen LogP contribution in [0.2, 0.25) is 0 Å². The van der Waals surface area contributed by atoms with Gasteiger partial charge in [0.1, 0.15) is 29.3 Å². The van der Waals surface area contributed by atoms with Gasteiger partial charge in [-0.15, -0.1) is 0 Å². The third-order valence-electron chi connectivity index (χ3n) is 9.03. The number of nitrogens with zero attached hydrogens (tertiary/aromatic N) is 2. The molecule has 3 fully saturated rings. The third-order valence-corrected chi connectivity index (χ3v) is 10.9. The molecule has 0 aromatic heterocycles. The summed E-state index contributed by atoms with van der Waals surface area (Å²) in [6.07, 6.45) is 5.88. The zero-order chi connectivity index (χ0) is 35.6. The largest absolute Gasteiger partial charge is 0.457 e. The second-order valence-corrected chi connectivity index (χ2v) is 16.1. The number of benzene rings is 1. The minimum absolute atomic E-state index is 0.115. The topological polar surface area (TPSA) is 201 Å². The lowest BCUT2D eigenvalue weighted by Crippen LogP contribution is -2.58. The van der Waals surface area contributed by atoms with Crippen LogP contribution in [0.5, 0.6) is 0 Å². The maximum absolute atomic E-state index is 14.2. The lowest BCUT2D eigenvalue weighted by molar-refractivity contribution is -0.141. The fourth-order valence-electron chi connectivity index (χ4n) is 6.23. The molecule has 0 radical (unpaired) electrons. The quantitative estimate of drug-likeness (QED) is 0.293. The molecule has 0 spiro atoms. The molecular weight excluding hydrogens is 654 g/mol. The minimum Gasteiger partial charge on any atom is -0.457 e. The molecule has 5 atom stereocenters. The van der Waals surface area contributed by atoms with E-state index in [-0.39, 0.29) is 36.9 Å². The molecule has 5 rings (SSSR count). The number of sulfonamides is 1. The lowest BCUT2D eigenvalue weighted by atomic mass is 10.0. The van der Waals surface area contributed by atoms with Gasteiger partial charge in [0.2, 0.25) is 21.8 Å². The molecule has 15 heteroatoms. The summed E-state index contributed by atoms with van der Waals surface area (Å²) in [5.74, 6) is -3.38. The standard InChI is InChI=1S/C34H43N5O9S/c1-33(2,3)48-32(44)36-26-13-8-6-4-5-7-12-23-18-34(23,31(43)38-49(45,46)25-14-15-25)37-28(40)27-17-24(20-39(27)29(26)41)47-30(42)22-11-9-10-21(16-22)19-35/h7,9-12,16,23-27H,4-6,8,13-15,17-18,20H2,1-3H3,(H,36,44)(H,37,40)(H,38,43). The monoisotopic (exact) mass is 697 g/mol. The van der Waals surface area contributed by atoms with E-state index in [1.54, 1.807) is 20.8 Å². The first kappa shape index (κ1) is 35.8. The van der Waals surface area contributed by atoms with Gasteiger partial charge in [-0.3, -0.25) is 19.1 Å². The number of carbonyl (C=O) groups excluding carboxylic acids is 5. The van der Waals surface area contributed by atoms with Crippen molar-refractivity contribution in [3.05, 3.63) is 47.5 Å². The zero-order valence-electron chi connectivity index (χ0n) is 27.9. The summed E-state index contributed by atoms with van der Waals surface area (Å²) in [5.41, 5.74) is -2.02. The van der Waals surface area contributed by atoms with Gasteiger partial charge in [0.15, 0.2) is 0 Å². The molecule has 1 aromatic carbocycles. The van der Waals surface area contributed by atoms with Crippen LogP contribution in [0.25, 0.3) is 0 Å². The Hall–Kier alpha value is -4.45. The number of hydrogen-bond acceptors (Lipinski definition) is 10. The highest BCUT2D eigenvalue weighted by Gasteiger charge is 2.62. The molecule has 49 heavy (non-hydrogen) atoms. The number of carbonyl (C=O) groups is 5. The smallest absolute Gasteiger partial charge is 0.408 e. The van der Waals surface area contributed by atoms with E-state index in [0.717, 1.165) is 12.8 Å². The number of hydrogen-bond donors (Lipinski definition) is 3. The van der Waals surface area contributed by atoms with Crippen LogP contribution in [-0.4, -0.2) is 84.2 Å². The summed E-state index contributed by atoms with van der Waals surface area (Å²) >= 11 is 0. The summed E-state index contributed by atoms with van der Waals surface area (Å²) in [4.78, 5) is 69.0. The Bertz CT molecular complexity index is 1680. The summed E-state index contributed by atoms with van der Waals surface area (Å²) < 4.78 is 38.7. The number of amides is 4. The van der Waals surface area contributed by atoms with E-state index in [1.807, 2.05) is 18.2 Å². The van der Waals surface area contributed by atoms with Crippen molar-refractivity contribution in [1.29, 1.82) is 5.26 Å². The van der Waals surface area contributed by atoms with Crippen LogP contribution in [0.4, 0.5) is 4.79 Å². The molecule has 4 aliphatic rings. The highest BCUT2D eigenvalue weighted by molar-refractivity contribution is 7.91. The molecule has 4 amide bonds. The van der Waals surface area contributed by atoms with Gasteiger partial charge in [0, 0.05) is 12.3 Å². The molecular formula is C34H43N5O9S. The Morgan fingerprint density at radius 2 is 1.86 bits per heavy atom. The number of nitrogens with one attached hydrogen (secondary N) is 3. The highest BCUT2D eigenvalue weighted by Crippen LogP contribution is 2.46. The van der Waals surface area contributed by atoms with Crippen LogP contribution in [0.3, 0.4) is 0 Å². The van der Waals surface area contributed by atoms with E-state index in [9.17, 15) is 37.7 Å². The molecule has 2 heterocycles. The van der Waals surface area contributed by atoms with E-state index in [1.165, 1.54) is 29.2 Å². The van der Waals surface area contributed by atoms with Crippen LogP contribution in [-0.2, 0) is 33.9 Å². The Morgan fingerprint density at radius 1 is 1.10 bits per heavy atom. The molecule has 1 aromatic rings. The SMILES string of the molecule is CC(C)(C)OC(=O)NC1CCCCCC=CC2CC2(C(=O)NS(=O)(=O)C2CC2)NC(=O)C2CC(OC(=O)c3cccc(C#N)c3)CN2C1=O. The second-order valence-electron chi connectivity index (χ2n) is 14.2. The lowest BCUT2D eigenvalue weighted by Gasteiger charge is -2.30. The van der Waals surface area contributed by atoms with Crippen LogP contribution >= 0.6 is 0 Å². The van der Waals surface area contributed by atoms with Crippen molar-refractivity contribution in [2.24, 2.45) is 5.92 Å². The average Bonchev–Trinajstić information content (AvgIpc) is 3.95. The maximum Gasteiger partial charge on any atom is 0.408 e. The van der Waals surface area contributed by atoms with E-state index in [4.69, 9.17) is 9.47 Å². The third kappa shape index (κ3) is 8.78. The molecule has 5 unspecified atom stereocenters. The number of allylic oxidation sites excluding steroid dienone is 1. The van der Waals surface area contributed by atoms with Crippen molar-refractivity contribution in [3.8, 4) is 6.07 Å². The number of ether oxygens (including phenoxy) is 2. The fraction of sp³-hybridized carbons (Fsp3) is 0.588. The zero-order valence-corrected chi connectivity index (χ0v) is 28.7. The molecule has 14 nitrogen and oxygen atoms in total. The van der Waals surface area contributed by atoms with Gasteiger partial charge in [-0.25, -0.2) is 18.0 Å². The summed E-state index contributed by atoms with van der Waals surface area (Å²) in [6, 6.07) is 5.59. The molecule has 0 bridgehead atoms. The van der Waals surface area contributed by atoms with E-state index in [0.29, 0.717) is 25.7 Å². The number of fused-ring (bicyclic) bond motifs is 2. The minimum atomic E-state index is -3.91. The van der Waals surface area contributed by atoms with E-state index >= 15 is 0 Å².